The Labute approximate surface area is 141 Å². The highest BCUT2D eigenvalue weighted by Gasteiger charge is 2.13. The molecule has 0 saturated heterocycles. The van der Waals surface area contributed by atoms with Gasteiger partial charge in [0, 0.05) is 18.8 Å². The van der Waals surface area contributed by atoms with Crippen molar-refractivity contribution in [3.8, 4) is 0 Å². The van der Waals surface area contributed by atoms with E-state index in [1.54, 1.807) is 0 Å². The predicted octanol–water partition coefficient (Wildman–Crippen LogP) is 4.44. The van der Waals surface area contributed by atoms with Crippen LogP contribution >= 0.6 is 12.4 Å². The van der Waals surface area contributed by atoms with Crippen molar-refractivity contribution < 1.29 is 4.79 Å². The van der Waals surface area contributed by atoms with Crippen LogP contribution in [0.3, 0.4) is 0 Å². The number of nitrogen functional groups attached to an aromatic ring is 1. The first kappa shape index (κ1) is 20.8. The molecule has 2 N–H and O–H groups in total. The second kappa shape index (κ2) is 12.3. The molecule has 0 aromatic heterocycles. The van der Waals surface area contributed by atoms with E-state index >= 15 is 0 Å². The van der Waals surface area contributed by atoms with Crippen LogP contribution in [0.15, 0.2) is 24.3 Å². The molecular weight excluding hydrogens is 296 g/mol. The van der Waals surface area contributed by atoms with E-state index in [4.69, 9.17) is 5.73 Å². The molecule has 0 aliphatic heterocycles. The van der Waals surface area contributed by atoms with Gasteiger partial charge in [0.25, 0.3) is 0 Å². The van der Waals surface area contributed by atoms with Crippen LogP contribution in [-0.4, -0.2) is 23.9 Å². The van der Waals surface area contributed by atoms with Crippen LogP contribution in [0.5, 0.6) is 0 Å². The number of halogens is 1. The number of unbranched alkanes of at least 4 members (excludes halogenated alkanes) is 4. The maximum atomic E-state index is 12.5. The Morgan fingerprint density at radius 2 is 1.45 bits per heavy atom. The Morgan fingerprint density at radius 1 is 0.955 bits per heavy atom. The lowest BCUT2D eigenvalue weighted by Gasteiger charge is -2.23. The van der Waals surface area contributed by atoms with Crippen LogP contribution in [0, 0.1) is 0 Å². The Morgan fingerprint density at radius 3 is 1.91 bits per heavy atom. The van der Waals surface area contributed by atoms with Gasteiger partial charge in [-0.1, -0.05) is 51.7 Å². The largest absolute Gasteiger partial charge is 0.399 e. The van der Waals surface area contributed by atoms with E-state index < -0.39 is 0 Å². The molecule has 0 spiro atoms. The minimum atomic E-state index is 0. The number of carbonyl (C=O) groups is 1. The lowest BCUT2D eigenvalue weighted by molar-refractivity contribution is -0.130. The molecular formula is C18H31ClN2O. The molecule has 1 aromatic rings. The first-order valence-electron chi connectivity index (χ1n) is 8.29. The van der Waals surface area contributed by atoms with E-state index in [1.807, 2.05) is 29.2 Å². The molecule has 0 atom stereocenters. The van der Waals surface area contributed by atoms with Crippen LogP contribution in [-0.2, 0) is 11.2 Å². The van der Waals surface area contributed by atoms with Gasteiger partial charge in [-0.2, -0.15) is 0 Å². The van der Waals surface area contributed by atoms with Gasteiger partial charge >= 0.3 is 0 Å². The number of hydrogen-bond donors (Lipinski definition) is 1. The summed E-state index contributed by atoms with van der Waals surface area (Å²) in [6.07, 6.45) is 7.47. The smallest absolute Gasteiger partial charge is 0.226 e. The van der Waals surface area contributed by atoms with Gasteiger partial charge in [-0.15, -0.1) is 12.4 Å². The quantitative estimate of drug-likeness (QED) is 0.510. The summed E-state index contributed by atoms with van der Waals surface area (Å²) in [5, 5.41) is 0. The van der Waals surface area contributed by atoms with Crippen molar-refractivity contribution in [3.63, 3.8) is 0 Å². The van der Waals surface area contributed by atoms with Crippen molar-refractivity contribution in [1.29, 1.82) is 0 Å². The summed E-state index contributed by atoms with van der Waals surface area (Å²) in [7, 11) is 0. The maximum absolute atomic E-state index is 12.5. The van der Waals surface area contributed by atoms with Crippen molar-refractivity contribution in [2.75, 3.05) is 18.8 Å². The molecule has 0 heterocycles. The normalized spacial score (nSPS) is 10.1. The van der Waals surface area contributed by atoms with Gasteiger partial charge in [0.1, 0.15) is 0 Å². The van der Waals surface area contributed by atoms with Gasteiger partial charge in [0.2, 0.25) is 5.91 Å². The Kier molecular flexibility index (Phi) is 11.7. The SMILES string of the molecule is CCCCCN(CCCCC)C(=O)Cc1ccc(N)cc1.Cl. The summed E-state index contributed by atoms with van der Waals surface area (Å²) in [6.45, 7) is 6.17. The second-order valence-electron chi connectivity index (χ2n) is 5.71. The van der Waals surface area contributed by atoms with Crippen molar-refractivity contribution in [1.82, 2.24) is 4.90 Å². The third kappa shape index (κ3) is 8.28. The summed E-state index contributed by atoms with van der Waals surface area (Å²) in [6, 6.07) is 7.62. The third-order valence-electron chi connectivity index (χ3n) is 3.75. The molecule has 0 saturated carbocycles. The number of carbonyl (C=O) groups excluding carboxylic acids is 1. The molecule has 0 bridgehead atoms. The zero-order valence-corrected chi connectivity index (χ0v) is 14.8. The maximum Gasteiger partial charge on any atom is 0.226 e. The summed E-state index contributed by atoms with van der Waals surface area (Å²) in [5.74, 6) is 0.243. The number of benzene rings is 1. The fourth-order valence-corrected chi connectivity index (χ4v) is 2.39. The predicted molar refractivity (Wildman–Crippen MR) is 97.4 cm³/mol. The average Bonchev–Trinajstić information content (AvgIpc) is 2.48. The standard InChI is InChI=1S/C18H30N2O.ClH/c1-3-5-7-13-20(14-8-6-4-2)18(21)15-16-9-11-17(19)12-10-16;/h9-12H,3-8,13-15,19H2,1-2H3;1H. The average molecular weight is 327 g/mol. The fourth-order valence-electron chi connectivity index (χ4n) is 2.39. The highest BCUT2D eigenvalue weighted by Crippen LogP contribution is 2.10. The summed E-state index contributed by atoms with van der Waals surface area (Å²) in [5.41, 5.74) is 7.47. The summed E-state index contributed by atoms with van der Waals surface area (Å²) >= 11 is 0. The second-order valence-corrected chi connectivity index (χ2v) is 5.71. The minimum Gasteiger partial charge on any atom is -0.399 e. The lowest BCUT2D eigenvalue weighted by atomic mass is 10.1. The molecule has 1 aromatic carbocycles. The van der Waals surface area contributed by atoms with Crippen LogP contribution in [0.2, 0.25) is 0 Å². The monoisotopic (exact) mass is 326 g/mol. The third-order valence-corrected chi connectivity index (χ3v) is 3.75. The van der Waals surface area contributed by atoms with Crippen molar-refractivity contribution in [2.24, 2.45) is 0 Å². The molecule has 4 heteroatoms. The Balaban J connectivity index is 0.00000441. The van der Waals surface area contributed by atoms with Gasteiger partial charge in [-0.05, 0) is 30.5 Å². The number of rotatable bonds is 10. The number of anilines is 1. The minimum absolute atomic E-state index is 0. The Bertz CT molecular complexity index is 396. The van der Waals surface area contributed by atoms with Crippen LogP contribution in [0.4, 0.5) is 5.69 Å². The molecule has 126 valence electrons. The topological polar surface area (TPSA) is 46.3 Å². The van der Waals surface area contributed by atoms with Gasteiger partial charge in [-0.25, -0.2) is 0 Å². The zero-order valence-electron chi connectivity index (χ0n) is 14.0. The van der Waals surface area contributed by atoms with Gasteiger partial charge in [-0.3, -0.25) is 4.79 Å². The van der Waals surface area contributed by atoms with Crippen molar-refractivity contribution >= 4 is 24.0 Å². The molecule has 1 amide bonds. The molecule has 3 nitrogen and oxygen atoms in total. The van der Waals surface area contributed by atoms with Gasteiger partial charge < -0.3 is 10.6 Å². The highest BCUT2D eigenvalue weighted by atomic mass is 35.5. The molecule has 0 radical (unpaired) electrons. The molecule has 22 heavy (non-hydrogen) atoms. The first-order valence-corrected chi connectivity index (χ1v) is 8.29. The fraction of sp³-hybridized carbons (Fsp3) is 0.611. The van der Waals surface area contributed by atoms with Crippen LogP contribution in [0.25, 0.3) is 0 Å². The molecule has 0 fully saturated rings. The summed E-state index contributed by atoms with van der Waals surface area (Å²) in [4.78, 5) is 14.5. The lowest BCUT2D eigenvalue weighted by Crippen LogP contribution is -2.34. The summed E-state index contributed by atoms with van der Waals surface area (Å²) < 4.78 is 0. The van der Waals surface area contributed by atoms with E-state index in [-0.39, 0.29) is 18.3 Å². The van der Waals surface area contributed by atoms with Crippen LogP contribution in [0.1, 0.15) is 57.9 Å². The van der Waals surface area contributed by atoms with Crippen molar-refractivity contribution in [3.05, 3.63) is 29.8 Å². The van der Waals surface area contributed by atoms with Gasteiger partial charge in [0.05, 0.1) is 6.42 Å². The number of nitrogens with zero attached hydrogens (tertiary/aromatic N) is 1. The molecule has 0 unspecified atom stereocenters. The van der Waals surface area contributed by atoms with Crippen LogP contribution < -0.4 is 5.73 Å². The number of hydrogen-bond acceptors (Lipinski definition) is 2. The molecule has 0 aliphatic carbocycles. The van der Waals surface area contributed by atoms with Gasteiger partial charge in [0.15, 0.2) is 0 Å². The van der Waals surface area contributed by atoms with E-state index in [0.717, 1.165) is 37.2 Å². The molecule has 0 aliphatic rings. The molecule has 1 rings (SSSR count). The zero-order chi connectivity index (χ0) is 15.5. The number of nitrogens with two attached hydrogens (primary N) is 1. The van der Waals surface area contributed by atoms with E-state index in [1.165, 1.54) is 25.7 Å². The number of amides is 1. The highest BCUT2D eigenvalue weighted by molar-refractivity contribution is 5.85. The van der Waals surface area contributed by atoms with Crippen molar-refractivity contribution in [2.45, 2.75) is 58.8 Å². The van der Waals surface area contributed by atoms with E-state index in [9.17, 15) is 4.79 Å². The first-order chi connectivity index (χ1) is 10.2. The van der Waals surface area contributed by atoms with E-state index in [2.05, 4.69) is 13.8 Å². The van der Waals surface area contributed by atoms with E-state index in [0.29, 0.717) is 6.42 Å². The Hall–Kier alpha value is -1.22.